The number of hydrogen-bond donors (Lipinski definition) is 0. The van der Waals surface area contributed by atoms with Crippen LogP contribution in [-0.4, -0.2) is 18.3 Å². The second-order valence-corrected chi connectivity index (χ2v) is 5.15. The Kier molecular flexibility index (Phi) is 4.02. The lowest BCUT2D eigenvalue weighted by Crippen LogP contribution is -2.07. The second-order valence-electron chi connectivity index (χ2n) is 4.71. The molecule has 0 amide bonds. The van der Waals surface area contributed by atoms with E-state index in [0.29, 0.717) is 6.61 Å². The van der Waals surface area contributed by atoms with E-state index in [4.69, 9.17) is 21.1 Å². The third-order valence-corrected chi connectivity index (χ3v) is 3.63. The molecule has 1 heterocycles. The normalized spacial score (nSPS) is 10.8. The maximum atomic E-state index is 6.06. The van der Waals surface area contributed by atoms with E-state index in [9.17, 15) is 0 Å². The fourth-order valence-corrected chi connectivity index (χ4v) is 2.51. The Labute approximate surface area is 128 Å². The highest BCUT2D eigenvalue weighted by Gasteiger charge is 2.04. The summed E-state index contributed by atoms with van der Waals surface area (Å²) in [6.07, 6.45) is 2.05. The Morgan fingerprint density at radius 3 is 2.67 bits per heavy atom. The number of para-hydroxylation sites is 2. The Bertz CT molecular complexity index is 751. The van der Waals surface area contributed by atoms with Gasteiger partial charge in [0.05, 0.1) is 13.7 Å². The molecule has 0 saturated heterocycles. The molecule has 0 aliphatic heterocycles. The molecule has 0 aliphatic rings. The van der Waals surface area contributed by atoms with Gasteiger partial charge in [-0.3, -0.25) is 0 Å². The van der Waals surface area contributed by atoms with E-state index in [0.717, 1.165) is 28.6 Å². The minimum atomic E-state index is 0.566. The number of methoxy groups -OCH3 is 1. The van der Waals surface area contributed by atoms with Crippen molar-refractivity contribution < 1.29 is 9.47 Å². The van der Waals surface area contributed by atoms with Gasteiger partial charge >= 0.3 is 0 Å². The highest BCUT2D eigenvalue weighted by atomic mass is 35.5. The largest absolute Gasteiger partial charge is 0.493 e. The zero-order valence-corrected chi connectivity index (χ0v) is 12.5. The number of ether oxygens (including phenoxy) is 2. The van der Waals surface area contributed by atoms with Crippen molar-refractivity contribution >= 4 is 22.5 Å². The smallest absolute Gasteiger partial charge is 0.161 e. The average molecular weight is 302 g/mol. The number of fused-ring (bicyclic) bond motifs is 1. The molecule has 21 heavy (non-hydrogen) atoms. The monoisotopic (exact) mass is 301 g/mol. The van der Waals surface area contributed by atoms with Gasteiger partial charge in [0.15, 0.2) is 11.5 Å². The van der Waals surface area contributed by atoms with Crippen LogP contribution in [0.15, 0.2) is 54.7 Å². The van der Waals surface area contributed by atoms with Crippen LogP contribution in [0.5, 0.6) is 11.5 Å². The lowest BCUT2D eigenvalue weighted by atomic mass is 10.2. The predicted molar refractivity (Wildman–Crippen MR) is 85.4 cm³/mol. The Balaban J connectivity index is 1.71. The molecule has 0 saturated carbocycles. The molecule has 108 valence electrons. The highest BCUT2D eigenvalue weighted by Crippen LogP contribution is 2.26. The van der Waals surface area contributed by atoms with E-state index in [1.54, 1.807) is 7.11 Å². The summed E-state index contributed by atoms with van der Waals surface area (Å²) in [7, 11) is 1.64. The van der Waals surface area contributed by atoms with Crippen molar-refractivity contribution in [3.05, 3.63) is 59.8 Å². The molecular weight excluding hydrogens is 286 g/mol. The summed E-state index contributed by atoms with van der Waals surface area (Å²) in [5, 5.41) is 1.92. The lowest BCUT2D eigenvalue weighted by molar-refractivity contribution is 0.281. The topological polar surface area (TPSA) is 23.4 Å². The van der Waals surface area contributed by atoms with Crippen LogP contribution in [0.25, 0.3) is 10.9 Å². The van der Waals surface area contributed by atoms with Crippen molar-refractivity contribution in [2.75, 3.05) is 13.7 Å². The van der Waals surface area contributed by atoms with Crippen molar-refractivity contribution in [3.8, 4) is 11.5 Å². The van der Waals surface area contributed by atoms with Crippen LogP contribution in [0.4, 0.5) is 0 Å². The van der Waals surface area contributed by atoms with Gasteiger partial charge in [-0.15, -0.1) is 0 Å². The van der Waals surface area contributed by atoms with Crippen molar-refractivity contribution in [1.82, 2.24) is 4.57 Å². The van der Waals surface area contributed by atoms with Crippen LogP contribution in [0.2, 0.25) is 5.02 Å². The molecule has 0 radical (unpaired) electrons. The quantitative estimate of drug-likeness (QED) is 0.698. The van der Waals surface area contributed by atoms with Crippen molar-refractivity contribution in [2.24, 2.45) is 0 Å². The van der Waals surface area contributed by atoms with Crippen LogP contribution in [0, 0.1) is 0 Å². The van der Waals surface area contributed by atoms with Crippen LogP contribution in [0.1, 0.15) is 0 Å². The zero-order valence-electron chi connectivity index (χ0n) is 11.8. The SMILES string of the molecule is COc1ccccc1OCCn1ccc2ccc(Cl)cc21. The summed E-state index contributed by atoms with van der Waals surface area (Å²) in [5.74, 6) is 1.51. The number of rotatable bonds is 5. The molecule has 0 N–H and O–H groups in total. The Morgan fingerprint density at radius 1 is 1.05 bits per heavy atom. The molecule has 2 aromatic carbocycles. The van der Waals surface area contributed by atoms with Crippen LogP contribution >= 0.6 is 11.6 Å². The summed E-state index contributed by atoms with van der Waals surface area (Å²) in [6.45, 7) is 1.32. The Hall–Kier alpha value is -2.13. The molecule has 0 spiro atoms. The molecule has 0 bridgehead atoms. The van der Waals surface area contributed by atoms with Gasteiger partial charge in [0.2, 0.25) is 0 Å². The van der Waals surface area contributed by atoms with Gasteiger partial charge in [0.25, 0.3) is 0 Å². The molecule has 0 aliphatic carbocycles. The van der Waals surface area contributed by atoms with Gasteiger partial charge in [0.1, 0.15) is 6.61 Å². The van der Waals surface area contributed by atoms with Gasteiger partial charge < -0.3 is 14.0 Å². The molecule has 3 nitrogen and oxygen atoms in total. The first-order valence-electron chi connectivity index (χ1n) is 6.78. The van der Waals surface area contributed by atoms with E-state index in [1.165, 1.54) is 5.39 Å². The van der Waals surface area contributed by atoms with Gasteiger partial charge in [-0.25, -0.2) is 0 Å². The van der Waals surface area contributed by atoms with Gasteiger partial charge in [-0.2, -0.15) is 0 Å². The lowest BCUT2D eigenvalue weighted by Gasteiger charge is -2.11. The highest BCUT2D eigenvalue weighted by molar-refractivity contribution is 6.31. The number of benzene rings is 2. The summed E-state index contributed by atoms with van der Waals surface area (Å²) in [6, 6.07) is 15.6. The molecule has 3 aromatic rings. The van der Waals surface area contributed by atoms with E-state index >= 15 is 0 Å². The van der Waals surface area contributed by atoms with Crippen molar-refractivity contribution in [2.45, 2.75) is 6.54 Å². The molecule has 3 rings (SSSR count). The molecule has 0 fully saturated rings. The zero-order chi connectivity index (χ0) is 14.7. The van der Waals surface area contributed by atoms with Gasteiger partial charge in [-0.1, -0.05) is 29.8 Å². The fraction of sp³-hybridized carbons (Fsp3) is 0.176. The summed E-state index contributed by atoms with van der Waals surface area (Å²) < 4.78 is 13.2. The van der Waals surface area contributed by atoms with E-state index in [-0.39, 0.29) is 0 Å². The second kappa shape index (κ2) is 6.10. The number of hydrogen-bond acceptors (Lipinski definition) is 2. The molecule has 1 aromatic heterocycles. The average Bonchev–Trinajstić information content (AvgIpc) is 2.90. The first kappa shape index (κ1) is 13.8. The number of nitrogens with zero attached hydrogens (tertiary/aromatic N) is 1. The van der Waals surface area contributed by atoms with E-state index in [1.807, 2.05) is 48.7 Å². The number of halogens is 1. The minimum Gasteiger partial charge on any atom is -0.493 e. The predicted octanol–water partition coefficient (Wildman–Crippen LogP) is 4.38. The standard InChI is InChI=1S/C17H16ClNO2/c1-20-16-4-2-3-5-17(16)21-11-10-19-9-8-13-6-7-14(18)12-15(13)19/h2-9,12H,10-11H2,1H3. The molecular formula is C17H16ClNO2. The first-order chi connectivity index (χ1) is 10.3. The van der Waals surface area contributed by atoms with E-state index in [2.05, 4.69) is 10.6 Å². The first-order valence-corrected chi connectivity index (χ1v) is 7.16. The third kappa shape index (κ3) is 2.98. The van der Waals surface area contributed by atoms with Crippen LogP contribution in [-0.2, 0) is 6.54 Å². The van der Waals surface area contributed by atoms with Gasteiger partial charge in [-0.05, 0) is 35.7 Å². The number of aromatic nitrogens is 1. The van der Waals surface area contributed by atoms with Crippen molar-refractivity contribution in [1.29, 1.82) is 0 Å². The third-order valence-electron chi connectivity index (χ3n) is 3.39. The molecule has 0 unspecified atom stereocenters. The molecule has 0 atom stereocenters. The maximum Gasteiger partial charge on any atom is 0.161 e. The Morgan fingerprint density at radius 2 is 1.86 bits per heavy atom. The van der Waals surface area contributed by atoms with Crippen molar-refractivity contribution in [3.63, 3.8) is 0 Å². The maximum absolute atomic E-state index is 6.06. The van der Waals surface area contributed by atoms with E-state index < -0.39 is 0 Å². The van der Waals surface area contributed by atoms with Crippen LogP contribution < -0.4 is 9.47 Å². The molecule has 4 heteroatoms. The summed E-state index contributed by atoms with van der Waals surface area (Å²) in [4.78, 5) is 0. The minimum absolute atomic E-state index is 0.566. The van der Waals surface area contributed by atoms with Gasteiger partial charge in [0, 0.05) is 16.7 Å². The van der Waals surface area contributed by atoms with Crippen LogP contribution in [0.3, 0.4) is 0 Å². The summed E-state index contributed by atoms with van der Waals surface area (Å²) >= 11 is 6.06. The fourth-order valence-electron chi connectivity index (χ4n) is 2.34. The summed E-state index contributed by atoms with van der Waals surface area (Å²) in [5.41, 5.74) is 1.12.